The smallest absolute Gasteiger partial charge is 0.462 e. The number of hydrogen-bond donors (Lipinski definition) is 3. The lowest BCUT2D eigenvalue weighted by Gasteiger charge is -2.21. The van der Waals surface area contributed by atoms with E-state index >= 15 is 0 Å². The van der Waals surface area contributed by atoms with Crippen LogP contribution in [0.2, 0.25) is 0 Å². The average molecular weight is 1440 g/mol. The number of phosphoric acid groups is 2. The van der Waals surface area contributed by atoms with Crippen LogP contribution in [0.15, 0.2) is 0 Å². The van der Waals surface area contributed by atoms with Crippen molar-refractivity contribution in [2.24, 2.45) is 17.8 Å². The van der Waals surface area contributed by atoms with Gasteiger partial charge in [-0.2, -0.15) is 0 Å². The van der Waals surface area contributed by atoms with Crippen LogP contribution in [0.5, 0.6) is 0 Å². The summed E-state index contributed by atoms with van der Waals surface area (Å²) in [5, 5.41) is 10.6. The number of carbonyl (C=O) groups excluding carboxylic acids is 4. The van der Waals surface area contributed by atoms with Crippen LogP contribution < -0.4 is 0 Å². The summed E-state index contributed by atoms with van der Waals surface area (Å²) in [5.74, 6) is 0.134. The molecule has 0 aliphatic heterocycles. The Hall–Kier alpha value is -1.94. The quantitative estimate of drug-likeness (QED) is 0.0222. The fourth-order valence-corrected chi connectivity index (χ4v) is 13.7. The zero-order valence-corrected chi connectivity index (χ0v) is 66.0. The summed E-state index contributed by atoms with van der Waals surface area (Å²) in [7, 11) is -9.92. The summed E-state index contributed by atoms with van der Waals surface area (Å²) in [4.78, 5) is 72.9. The van der Waals surface area contributed by atoms with Gasteiger partial charge in [-0.25, -0.2) is 9.13 Å². The first-order valence-corrected chi connectivity index (χ1v) is 43.8. The molecule has 0 bridgehead atoms. The van der Waals surface area contributed by atoms with Crippen molar-refractivity contribution in [1.82, 2.24) is 0 Å². The Morgan fingerprint density at radius 1 is 0.276 bits per heavy atom. The molecule has 0 saturated carbocycles. The topological polar surface area (TPSA) is 237 Å². The minimum atomic E-state index is -4.96. The summed E-state index contributed by atoms with van der Waals surface area (Å²) < 4.78 is 68.6. The molecule has 582 valence electrons. The standard InChI is InChI=1S/C79H154O17P2/c1-8-9-10-11-12-13-14-15-16-17-18-19-20-21-22-25-32-41-48-55-62-78(83)95-74(66-89-76(81)60-53-46-39-31-26-23-24-29-36-43-50-57-70(2)3)68-93-97(85,86)91-64-73(80)65-92-98(87,88)94-69-75(67-90-77(82)61-54-47-40-35-34-38-45-52-59-72(6)7)96-79(84)63-56-49-42-33-28-27-30-37-44-51-58-71(4)5/h70-75,80H,8-69H2,1-7H3,(H,85,86)(H,87,88)/t73-,74-,75-/m1/s1. The van der Waals surface area contributed by atoms with Crippen molar-refractivity contribution < 1.29 is 80.2 Å². The number of esters is 4. The highest BCUT2D eigenvalue weighted by Crippen LogP contribution is 2.45. The summed E-state index contributed by atoms with van der Waals surface area (Å²) >= 11 is 0. The van der Waals surface area contributed by atoms with Gasteiger partial charge in [-0.1, -0.05) is 357 Å². The van der Waals surface area contributed by atoms with E-state index in [1.54, 1.807) is 0 Å². The van der Waals surface area contributed by atoms with Crippen LogP contribution in [0.4, 0.5) is 0 Å². The van der Waals surface area contributed by atoms with Crippen LogP contribution in [0.1, 0.15) is 408 Å². The number of aliphatic hydroxyl groups excluding tert-OH is 1. The highest BCUT2D eigenvalue weighted by atomic mass is 31.2. The number of unbranched alkanes of at least 4 members (excludes halogenated alkanes) is 45. The molecular weight excluding hydrogens is 1280 g/mol. The molecule has 0 aliphatic carbocycles. The summed E-state index contributed by atoms with van der Waals surface area (Å²) in [6.45, 7) is 11.9. The Balaban J connectivity index is 5.24. The second-order valence-corrected chi connectivity index (χ2v) is 32.8. The maximum atomic E-state index is 13.1. The van der Waals surface area contributed by atoms with Crippen molar-refractivity contribution >= 4 is 39.5 Å². The third-order valence-corrected chi connectivity index (χ3v) is 20.3. The van der Waals surface area contributed by atoms with E-state index in [1.165, 1.54) is 218 Å². The van der Waals surface area contributed by atoms with Crippen molar-refractivity contribution in [2.45, 2.75) is 426 Å². The van der Waals surface area contributed by atoms with Gasteiger partial charge >= 0.3 is 39.5 Å². The molecule has 0 fully saturated rings. The lowest BCUT2D eigenvalue weighted by atomic mass is 10.0. The van der Waals surface area contributed by atoms with Crippen LogP contribution in [0, 0.1) is 17.8 Å². The van der Waals surface area contributed by atoms with Crippen LogP contribution in [-0.4, -0.2) is 96.7 Å². The first-order valence-electron chi connectivity index (χ1n) is 40.8. The molecule has 98 heavy (non-hydrogen) atoms. The van der Waals surface area contributed by atoms with Gasteiger partial charge in [0.2, 0.25) is 0 Å². The van der Waals surface area contributed by atoms with E-state index in [4.69, 9.17) is 37.0 Å². The molecule has 17 nitrogen and oxygen atoms in total. The Morgan fingerprint density at radius 3 is 0.694 bits per heavy atom. The normalized spacial score (nSPS) is 14.0. The number of phosphoric ester groups is 2. The molecule has 5 atom stereocenters. The highest BCUT2D eigenvalue weighted by Gasteiger charge is 2.30. The SMILES string of the molecule is CCCCCCCCCCCCCCCCCCCCCCC(=O)O[C@H](COC(=O)CCCCCCCCCCCCCC(C)C)COP(=O)(O)OC[C@@H](O)COP(=O)(O)OC[C@@H](COC(=O)CCCCCCCCCCC(C)C)OC(=O)CCCCCCCCCCCCC(C)C. The van der Waals surface area contributed by atoms with Crippen LogP contribution in [0.3, 0.4) is 0 Å². The van der Waals surface area contributed by atoms with Crippen molar-refractivity contribution in [2.75, 3.05) is 39.6 Å². The van der Waals surface area contributed by atoms with E-state index in [9.17, 15) is 43.2 Å². The fraction of sp³-hybridized carbons (Fsp3) is 0.949. The molecule has 0 rings (SSSR count). The predicted octanol–water partition coefficient (Wildman–Crippen LogP) is 23.4. The summed E-state index contributed by atoms with van der Waals surface area (Å²) in [6, 6.07) is 0. The molecule has 0 aliphatic rings. The van der Waals surface area contributed by atoms with Gasteiger partial charge in [-0.05, 0) is 43.4 Å². The van der Waals surface area contributed by atoms with Gasteiger partial charge in [0.1, 0.15) is 19.3 Å². The second-order valence-electron chi connectivity index (χ2n) is 29.9. The Morgan fingerprint density at radius 2 is 0.469 bits per heavy atom. The van der Waals surface area contributed by atoms with E-state index in [-0.39, 0.29) is 25.7 Å². The molecule has 2 unspecified atom stereocenters. The minimum absolute atomic E-state index is 0.105. The van der Waals surface area contributed by atoms with Gasteiger partial charge in [-0.15, -0.1) is 0 Å². The lowest BCUT2D eigenvalue weighted by Crippen LogP contribution is -2.30. The molecule has 0 radical (unpaired) electrons. The summed E-state index contributed by atoms with van der Waals surface area (Å²) in [5.41, 5.74) is 0. The molecule has 19 heteroatoms. The van der Waals surface area contributed by atoms with Gasteiger partial charge < -0.3 is 33.8 Å². The van der Waals surface area contributed by atoms with Gasteiger partial charge in [0, 0.05) is 25.7 Å². The Bertz CT molecular complexity index is 1900. The van der Waals surface area contributed by atoms with Crippen molar-refractivity contribution in [3.05, 3.63) is 0 Å². The number of aliphatic hydroxyl groups is 1. The van der Waals surface area contributed by atoms with Crippen molar-refractivity contribution in [3.8, 4) is 0 Å². The monoisotopic (exact) mass is 1440 g/mol. The van der Waals surface area contributed by atoms with Gasteiger partial charge in [0.05, 0.1) is 26.4 Å². The van der Waals surface area contributed by atoms with E-state index in [0.29, 0.717) is 25.7 Å². The third-order valence-electron chi connectivity index (χ3n) is 18.4. The fourth-order valence-electron chi connectivity index (χ4n) is 12.1. The van der Waals surface area contributed by atoms with E-state index in [1.807, 2.05) is 0 Å². The third kappa shape index (κ3) is 72.4. The molecule has 0 spiro atoms. The maximum Gasteiger partial charge on any atom is 0.472 e. The number of hydrogen-bond acceptors (Lipinski definition) is 15. The van der Waals surface area contributed by atoms with Crippen LogP contribution in [-0.2, 0) is 65.4 Å². The average Bonchev–Trinajstić information content (AvgIpc) is 1.01. The second kappa shape index (κ2) is 69.4. The van der Waals surface area contributed by atoms with Gasteiger partial charge in [0.25, 0.3) is 0 Å². The van der Waals surface area contributed by atoms with Crippen molar-refractivity contribution in [3.63, 3.8) is 0 Å². The summed E-state index contributed by atoms with van der Waals surface area (Å²) in [6.07, 6.45) is 57.0. The minimum Gasteiger partial charge on any atom is -0.462 e. The van der Waals surface area contributed by atoms with Crippen LogP contribution in [0.25, 0.3) is 0 Å². The Labute approximate surface area is 600 Å². The predicted molar refractivity (Wildman–Crippen MR) is 400 cm³/mol. The first-order chi connectivity index (χ1) is 47.2. The molecule has 3 N–H and O–H groups in total. The zero-order chi connectivity index (χ0) is 72.3. The highest BCUT2D eigenvalue weighted by molar-refractivity contribution is 7.47. The Kier molecular flexibility index (Phi) is 68.1. The zero-order valence-electron chi connectivity index (χ0n) is 64.3. The molecule has 0 aromatic carbocycles. The lowest BCUT2D eigenvalue weighted by molar-refractivity contribution is -0.161. The molecule has 0 aromatic heterocycles. The number of rotatable bonds is 77. The molecule has 0 aromatic rings. The van der Waals surface area contributed by atoms with Gasteiger partial charge in [0.15, 0.2) is 12.2 Å². The number of carbonyl (C=O) groups is 4. The van der Waals surface area contributed by atoms with Crippen molar-refractivity contribution in [1.29, 1.82) is 0 Å². The van der Waals surface area contributed by atoms with Crippen LogP contribution >= 0.6 is 15.6 Å². The number of ether oxygens (including phenoxy) is 4. The molecule has 0 heterocycles. The van der Waals surface area contributed by atoms with Gasteiger partial charge in [-0.3, -0.25) is 37.3 Å². The van der Waals surface area contributed by atoms with E-state index < -0.39 is 97.5 Å². The molecular formula is C79H154O17P2. The largest absolute Gasteiger partial charge is 0.472 e. The molecule has 0 amide bonds. The van der Waals surface area contributed by atoms with E-state index in [2.05, 4.69) is 48.5 Å². The first kappa shape index (κ1) is 96.1. The molecule has 0 saturated heterocycles. The maximum absolute atomic E-state index is 13.1. The van der Waals surface area contributed by atoms with E-state index in [0.717, 1.165) is 108 Å².